The minimum atomic E-state index is -0.336. The van der Waals surface area contributed by atoms with Crippen LogP contribution in [0, 0.1) is 0 Å². The molecular formula is C15H19BrO4. The number of rotatable bonds is 6. The smallest absolute Gasteiger partial charge is 0.142 e. The lowest BCUT2D eigenvalue weighted by molar-refractivity contribution is -0.0176. The van der Waals surface area contributed by atoms with Crippen molar-refractivity contribution >= 4 is 15.9 Å². The lowest BCUT2D eigenvalue weighted by atomic mass is 9.86. The minimum Gasteiger partial charge on any atom is -0.484 e. The number of halogens is 1. The summed E-state index contributed by atoms with van der Waals surface area (Å²) in [5, 5.41) is 0. The molecule has 3 rings (SSSR count). The van der Waals surface area contributed by atoms with E-state index in [4.69, 9.17) is 18.9 Å². The Morgan fingerprint density at radius 2 is 1.90 bits per heavy atom. The second-order valence-electron chi connectivity index (χ2n) is 5.31. The Kier molecular flexibility index (Phi) is 4.04. The van der Waals surface area contributed by atoms with E-state index in [2.05, 4.69) is 22.0 Å². The molecule has 4 nitrogen and oxygen atoms in total. The lowest BCUT2D eigenvalue weighted by Crippen LogP contribution is -2.46. The summed E-state index contributed by atoms with van der Waals surface area (Å²) in [6.07, 6.45) is 1.87. The number of hydrogen-bond donors (Lipinski definition) is 0. The molecule has 2 heterocycles. The third kappa shape index (κ3) is 2.48. The van der Waals surface area contributed by atoms with Crippen LogP contribution in [-0.2, 0) is 14.2 Å². The normalized spacial score (nSPS) is 25.6. The molecule has 2 atom stereocenters. The Hall–Kier alpha value is -0.620. The van der Waals surface area contributed by atoms with Gasteiger partial charge in [0.05, 0.1) is 13.2 Å². The van der Waals surface area contributed by atoms with Crippen molar-refractivity contribution in [3.63, 3.8) is 0 Å². The maximum absolute atomic E-state index is 6.33. The molecule has 0 saturated carbocycles. The fourth-order valence-electron chi connectivity index (χ4n) is 2.92. The van der Waals surface area contributed by atoms with Crippen molar-refractivity contribution in [2.24, 2.45) is 0 Å². The first-order valence-corrected chi connectivity index (χ1v) is 7.61. The zero-order valence-corrected chi connectivity index (χ0v) is 13.3. The Balaban J connectivity index is 1.87. The van der Waals surface area contributed by atoms with Crippen molar-refractivity contribution in [3.05, 3.63) is 28.2 Å². The van der Waals surface area contributed by atoms with Gasteiger partial charge in [0.2, 0.25) is 0 Å². The van der Waals surface area contributed by atoms with Gasteiger partial charge in [-0.1, -0.05) is 15.9 Å². The van der Waals surface area contributed by atoms with Crippen LogP contribution in [0.2, 0.25) is 0 Å². The van der Waals surface area contributed by atoms with E-state index in [1.165, 1.54) is 0 Å². The van der Waals surface area contributed by atoms with E-state index in [0.717, 1.165) is 28.6 Å². The molecule has 0 amide bonds. The minimum absolute atomic E-state index is 0.106. The molecular weight excluding hydrogens is 324 g/mol. The molecule has 1 aromatic rings. The molecule has 0 radical (unpaired) electrons. The van der Waals surface area contributed by atoms with Crippen LogP contribution in [0.25, 0.3) is 0 Å². The highest BCUT2D eigenvalue weighted by Gasteiger charge is 2.60. The van der Waals surface area contributed by atoms with Gasteiger partial charge in [0, 0.05) is 37.1 Å². The van der Waals surface area contributed by atoms with E-state index in [-0.39, 0.29) is 17.8 Å². The predicted molar refractivity (Wildman–Crippen MR) is 78.1 cm³/mol. The molecule has 20 heavy (non-hydrogen) atoms. The Labute approximate surface area is 127 Å². The molecule has 2 aliphatic rings. The van der Waals surface area contributed by atoms with Gasteiger partial charge in [-0.15, -0.1) is 0 Å². The molecule has 1 fully saturated rings. The average molecular weight is 343 g/mol. The van der Waals surface area contributed by atoms with Crippen molar-refractivity contribution in [1.29, 1.82) is 0 Å². The van der Waals surface area contributed by atoms with Gasteiger partial charge in [0.1, 0.15) is 23.6 Å². The summed E-state index contributed by atoms with van der Waals surface area (Å²) < 4.78 is 23.8. The fraction of sp³-hybridized carbons (Fsp3) is 0.600. The molecule has 0 N–H and O–H groups in total. The Morgan fingerprint density at radius 1 is 1.20 bits per heavy atom. The van der Waals surface area contributed by atoms with Crippen molar-refractivity contribution in [3.8, 4) is 5.75 Å². The van der Waals surface area contributed by atoms with Crippen LogP contribution in [0.4, 0.5) is 0 Å². The van der Waals surface area contributed by atoms with E-state index in [1.807, 2.05) is 12.1 Å². The SMILES string of the molecule is COCCC1(CCOC)Oc2ccc(Br)cc2[C@@H]2O[C@@H]21. The number of hydrogen-bond acceptors (Lipinski definition) is 4. The van der Waals surface area contributed by atoms with Crippen molar-refractivity contribution < 1.29 is 18.9 Å². The summed E-state index contributed by atoms with van der Waals surface area (Å²) in [4.78, 5) is 0. The van der Waals surface area contributed by atoms with Gasteiger partial charge in [0.15, 0.2) is 0 Å². The van der Waals surface area contributed by atoms with E-state index in [0.29, 0.717) is 13.2 Å². The molecule has 1 aromatic carbocycles. The molecule has 0 unspecified atom stereocenters. The standard InChI is InChI=1S/C15H19BrO4/c1-17-7-5-15(6-8-18-2)14-13(19-14)11-9-10(16)3-4-12(11)20-15/h3-4,9,13-14H,5-8H2,1-2H3/t13-,14-/m0/s1. The first-order valence-electron chi connectivity index (χ1n) is 6.82. The molecule has 1 saturated heterocycles. The van der Waals surface area contributed by atoms with Gasteiger partial charge in [-0.05, 0) is 18.2 Å². The topological polar surface area (TPSA) is 40.2 Å². The molecule has 0 aromatic heterocycles. The largest absolute Gasteiger partial charge is 0.484 e. The summed E-state index contributed by atoms with van der Waals surface area (Å²) in [6, 6.07) is 6.08. The molecule has 0 bridgehead atoms. The van der Waals surface area contributed by atoms with Crippen LogP contribution in [0.5, 0.6) is 5.75 Å². The summed E-state index contributed by atoms with van der Waals surface area (Å²) in [5.74, 6) is 0.916. The van der Waals surface area contributed by atoms with Gasteiger partial charge in [-0.2, -0.15) is 0 Å². The van der Waals surface area contributed by atoms with Crippen LogP contribution >= 0.6 is 15.9 Å². The number of ether oxygens (including phenoxy) is 4. The zero-order chi connectivity index (χ0) is 14.2. The van der Waals surface area contributed by atoms with Crippen molar-refractivity contribution in [2.45, 2.75) is 30.7 Å². The monoisotopic (exact) mass is 342 g/mol. The fourth-order valence-corrected chi connectivity index (χ4v) is 3.30. The van der Waals surface area contributed by atoms with Gasteiger partial charge < -0.3 is 18.9 Å². The van der Waals surface area contributed by atoms with Gasteiger partial charge >= 0.3 is 0 Å². The maximum Gasteiger partial charge on any atom is 0.142 e. The Bertz CT molecular complexity index is 483. The van der Waals surface area contributed by atoms with Crippen molar-refractivity contribution in [2.75, 3.05) is 27.4 Å². The van der Waals surface area contributed by atoms with E-state index >= 15 is 0 Å². The van der Waals surface area contributed by atoms with Crippen LogP contribution < -0.4 is 4.74 Å². The van der Waals surface area contributed by atoms with E-state index < -0.39 is 0 Å². The highest BCUT2D eigenvalue weighted by molar-refractivity contribution is 9.10. The van der Waals surface area contributed by atoms with Crippen LogP contribution in [0.1, 0.15) is 24.5 Å². The maximum atomic E-state index is 6.33. The molecule has 0 aliphatic carbocycles. The predicted octanol–water partition coefficient (Wildman–Crippen LogP) is 3.09. The number of methoxy groups -OCH3 is 2. The number of benzene rings is 1. The van der Waals surface area contributed by atoms with Crippen LogP contribution in [-0.4, -0.2) is 39.1 Å². The summed E-state index contributed by atoms with van der Waals surface area (Å²) in [5.41, 5.74) is 0.798. The number of fused-ring (bicyclic) bond motifs is 3. The molecule has 0 spiro atoms. The number of epoxide rings is 1. The summed E-state index contributed by atoms with van der Waals surface area (Å²) >= 11 is 3.50. The molecule has 5 heteroatoms. The van der Waals surface area contributed by atoms with E-state index in [1.54, 1.807) is 14.2 Å². The summed E-state index contributed by atoms with van der Waals surface area (Å²) in [7, 11) is 3.42. The van der Waals surface area contributed by atoms with Crippen molar-refractivity contribution in [1.82, 2.24) is 0 Å². The van der Waals surface area contributed by atoms with Crippen LogP contribution in [0.3, 0.4) is 0 Å². The van der Waals surface area contributed by atoms with E-state index in [9.17, 15) is 0 Å². The highest BCUT2D eigenvalue weighted by Crippen LogP contribution is 2.56. The second-order valence-corrected chi connectivity index (χ2v) is 6.23. The van der Waals surface area contributed by atoms with Gasteiger partial charge in [-0.25, -0.2) is 0 Å². The third-order valence-corrected chi connectivity index (χ3v) is 4.55. The quantitative estimate of drug-likeness (QED) is 0.745. The second kappa shape index (κ2) is 5.64. The first-order chi connectivity index (χ1) is 9.70. The third-order valence-electron chi connectivity index (χ3n) is 4.06. The first kappa shape index (κ1) is 14.3. The molecule has 110 valence electrons. The molecule has 2 aliphatic heterocycles. The van der Waals surface area contributed by atoms with Gasteiger partial charge in [-0.3, -0.25) is 0 Å². The van der Waals surface area contributed by atoms with Gasteiger partial charge in [0.25, 0.3) is 0 Å². The van der Waals surface area contributed by atoms with Crippen LogP contribution in [0.15, 0.2) is 22.7 Å². The zero-order valence-electron chi connectivity index (χ0n) is 11.7. The average Bonchev–Trinajstić information content (AvgIpc) is 3.25. The highest BCUT2D eigenvalue weighted by atomic mass is 79.9. The summed E-state index contributed by atoms with van der Waals surface area (Å²) in [6.45, 7) is 1.31. The Morgan fingerprint density at radius 3 is 2.55 bits per heavy atom. The lowest BCUT2D eigenvalue weighted by Gasteiger charge is -2.36.